The highest BCUT2D eigenvalue weighted by atomic mass is 16.2. The summed E-state index contributed by atoms with van der Waals surface area (Å²) < 4.78 is 0. The van der Waals surface area contributed by atoms with E-state index in [1.54, 1.807) is 4.90 Å². The Hall–Kier alpha value is -3.88. The largest absolute Gasteiger partial charge is 0.372 e. The molecule has 49 heavy (non-hydrogen) atoms. The van der Waals surface area contributed by atoms with Gasteiger partial charge >= 0.3 is 6.03 Å². The molecule has 1 atom stereocenters. The van der Waals surface area contributed by atoms with Crippen molar-refractivity contribution in [1.29, 1.82) is 0 Å². The minimum atomic E-state index is -0.319. The molecule has 0 aromatic heterocycles. The van der Waals surface area contributed by atoms with Gasteiger partial charge in [-0.15, -0.1) is 0 Å². The van der Waals surface area contributed by atoms with Crippen molar-refractivity contribution < 1.29 is 19.2 Å². The standard InChI is InChI=1S/C20H28N2O2.C18H25N3O2.C2H6/c1-2-3-5-15-10-12-22(13-11-15)17-7-4-6-16(14-17)18-8-9-19(23)21-20(18)24;1-2-4-14-7-10-20(11-8-14)15-5-3-6-16(13-15)21-12-9-17(22)19-18(21)23;1-2/h4,6-7,14-15,18H,2-3,5,8-13H2,1H3,(H,21,23,24);3,5-6,13-14H,2,4,7-12H2,1H3,(H,19,22,23);1-2H3. The van der Waals surface area contributed by atoms with Crippen LogP contribution < -0.4 is 25.3 Å². The number of nitrogens with zero attached hydrogens (tertiary/aromatic N) is 3. The number of unbranched alkanes of at least 4 members (excludes halogenated alkanes) is 1. The molecule has 4 saturated heterocycles. The van der Waals surface area contributed by atoms with E-state index in [4.69, 9.17) is 0 Å². The lowest BCUT2D eigenvalue weighted by atomic mass is 9.89. The molecule has 2 N–H and O–H groups in total. The van der Waals surface area contributed by atoms with E-state index < -0.39 is 0 Å². The summed E-state index contributed by atoms with van der Waals surface area (Å²) in [4.78, 5) is 53.2. The summed E-state index contributed by atoms with van der Waals surface area (Å²) in [6.45, 7) is 13.3. The SMILES string of the molecule is CC.CCCC1CCN(c2cccc(N3CCC(=O)NC3=O)c2)CC1.CCCCC1CCN(c2cccc(C3CCC(=O)NC3=O)c2)CC1. The Bertz CT molecular complexity index is 1380. The van der Waals surface area contributed by atoms with E-state index >= 15 is 0 Å². The fraction of sp³-hybridized carbons (Fsp3) is 0.600. The third-order valence-electron chi connectivity index (χ3n) is 10.3. The number of amides is 5. The van der Waals surface area contributed by atoms with Gasteiger partial charge in [-0.25, -0.2) is 4.79 Å². The molecule has 1 unspecified atom stereocenters. The van der Waals surface area contributed by atoms with E-state index in [9.17, 15) is 19.2 Å². The predicted molar refractivity (Wildman–Crippen MR) is 199 cm³/mol. The minimum absolute atomic E-state index is 0.151. The van der Waals surface area contributed by atoms with Crippen LogP contribution in [0.3, 0.4) is 0 Å². The van der Waals surface area contributed by atoms with Gasteiger partial charge < -0.3 is 9.80 Å². The zero-order valence-corrected chi connectivity index (χ0v) is 30.3. The van der Waals surface area contributed by atoms with E-state index in [1.807, 2.05) is 38.1 Å². The first kappa shape index (κ1) is 37.9. The molecular formula is C40H59N5O4. The van der Waals surface area contributed by atoms with Crippen molar-refractivity contribution in [3.8, 4) is 0 Å². The molecule has 4 aliphatic rings. The zero-order chi connectivity index (χ0) is 35.2. The van der Waals surface area contributed by atoms with Gasteiger partial charge in [0.25, 0.3) is 0 Å². The van der Waals surface area contributed by atoms with Crippen molar-refractivity contribution in [2.45, 2.75) is 111 Å². The van der Waals surface area contributed by atoms with Gasteiger partial charge in [-0.05, 0) is 79.8 Å². The lowest BCUT2D eigenvalue weighted by Gasteiger charge is -2.34. The maximum Gasteiger partial charge on any atom is 0.328 e. The van der Waals surface area contributed by atoms with E-state index in [0.29, 0.717) is 25.8 Å². The Labute approximate surface area is 294 Å². The molecule has 2 aromatic carbocycles. The molecule has 9 heteroatoms. The van der Waals surface area contributed by atoms with Crippen LogP contribution in [0.4, 0.5) is 21.9 Å². The number of rotatable bonds is 9. The molecule has 2 aromatic rings. The first-order valence-electron chi connectivity index (χ1n) is 19.0. The van der Waals surface area contributed by atoms with Crippen LogP contribution in [0.25, 0.3) is 0 Å². The number of imide groups is 2. The summed E-state index contributed by atoms with van der Waals surface area (Å²) in [5, 5.41) is 4.84. The van der Waals surface area contributed by atoms with E-state index in [1.165, 1.54) is 69.2 Å². The number of carbonyl (C=O) groups is 4. The van der Waals surface area contributed by atoms with E-state index in [0.717, 1.165) is 49.3 Å². The first-order valence-corrected chi connectivity index (χ1v) is 19.0. The molecule has 0 aliphatic carbocycles. The van der Waals surface area contributed by atoms with Crippen LogP contribution in [0.2, 0.25) is 0 Å². The molecule has 0 radical (unpaired) electrons. The fourth-order valence-electron chi connectivity index (χ4n) is 7.48. The van der Waals surface area contributed by atoms with Crippen LogP contribution in [0.5, 0.6) is 0 Å². The number of anilines is 3. The summed E-state index contributed by atoms with van der Waals surface area (Å²) in [5.41, 5.74) is 4.28. The Morgan fingerprint density at radius 3 is 1.80 bits per heavy atom. The molecular weight excluding hydrogens is 614 g/mol. The molecule has 4 fully saturated rings. The number of piperidine rings is 3. The quantitative estimate of drug-likeness (QED) is 0.264. The first-order chi connectivity index (χ1) is 23.8. The molecule has 4 aliphatic heterocycles. The monoisotopic (exact) mass is 673 g/mol. The highest BCUT2D eigenvalue weighted by Crippen LogP contribution is 2.32. The highest BCUT2D eigenvalue weighted by molar-refractivity contribution is 6.05. The molecule has 9 nitrogen and oxygen atoms in total. The van der Waals surface area contributed by atoms with Crippen molar-refractivity contribution in [1.82, 2.24) is 10.6 Å². The van der Waals surface area contributed by atoms with Crippen molar-refractivity contribution in [3.63, 3.8) is 0 Å². The van der Waals surface area contributed by atoms with Crippen LogP contribution in [0.1, 0.15) is 116 Å². The smallest absolute Gasteiger partial charge is 0.328 e. The van der Waals surface area contributed by atoms with Crippen molar-refractivity contribution in [2.24, 2.45) is 11.8 Å². The summed E-state index contributed by atoms with van der Waals surface area (Å²) in [6.07, 6.45) is 13.0. The van der Waals surface area contributed by atoms with Crippen LogP contribution in [-0.2, 0) is 14.4 Å². The maximum absolute atomic E-state index is 12.1. The highest BCUT2D eigenvalue weighted by Gasteiger charge is 2.29. The number of hydrogen-bond donors (Lipinski definition) is 2. The van der Waals surface area contributed by atoms with Crippen molar-refractivity contribution >= 4 is 40.8 Å². The Morgan fingerprint density at radius 2 is 1.20 bits per heavy atom. The molecule has 0 bridgehead atoms. The van der Waals surface area contributed by atoms with Crippen LogP contribution >= 0.6 is 0 Å². The number of carbonyl (C=O) groups excluding carboxylic acids is 4. The van der Waals surface area contributed by atoms with Gasteiger partial charge in [-0.3, -0.25) is 29.9 Å². The normalized spacial score (nSPS) is 20.5. The number of urea groups is 1. The second-order valence-corrected chi connectivity index (χ2v) is 13.7. The molecule has 0 saturated carbocycles. The Morgan fingerprint density at radius 1 is 0.633 bits per heavy atom. The molecule has 6 rings (SSSR count). The van der Waals surface area contributed by atoms with Gasteiger partial charge in [0.05, 0.1) is 5.92 Å². The van der Waals surface area contributed by atoms with Gasteiger partial charge in [-0.1, -0.05) is 78.0 Å². The third-order valence-corrected chi connectivity index (χ3v) is 10.3. The number of benzene rings is 2. The second-order valence-electron chi connectivity index (χ2n) is 13.7. The average Bonchev–Trinajstić information content (AvgIpc) is 3.13. The maximum atomic E-state index is 12.1. The lowest BCUT2D eigenvalue weighted by molar-refractivity contribution is -0.134. The van der Waals surface area contributed by atoms with Crippen molar-refractivity contribution in [2.75, 3.05) is 47.4 Å². The third kappa shape index (κ3) is 10.8. The van der Waals surface area contributed by atoms with Gasteiger partial charge in [0.2, 0.25) is 17.7 Å². The molecule has 4 heterocycles. The number of hydrogen-bond acceptors (Lipinski definition) is 6. The van der Waals surface area contributed by atoms with Crippen LogP contribution in [0, 0.1) is 11.8 Å². The fourth-order valence-corrected chi connectivity index (χ4v) is 7.48. The number of nitrogens with one attached hydrogen (secondary N) is 2. The van der Waals surface area contributed by atoms with Gasteiger partial charge in [-0.2, -0.15) is 0 Å². The van der Waals surface area contributed by atoms with Gasteiger partial charge in [0.1, 0.15) is 0 Å². The van der Waals surface area contributed by atoms with Crippen LogP contribution in [-0.4, -0.2) is 56.5 Å². The zero-order valence-electron chi connectivity index (χ0n) is 30.3. The predicted octanol–water partition coefficient (Wildman–Crippen LogP) is 7.79. The average molecular weight is 674 g/mol. The van der Waals surface area contributed by atoms with Crippen LogP contribution in [0.15, 0.2) is 48.5 Å². The Kier molecular flexibility index (Phi) is 15.0. The summed E-state index contributed by atoms with van der Waals surface area (Å²) in [5.74, 6) is 1.05. The minimum Gasteiger partial charge on any atom is -0.372 e. The molecule has 5 amide bonds. The lowest BCUT2D eigenvalue weighted by Crippen LogP contribution is -2.49. The van der Waals surface area contributed by atoms with Gasteiger partial charge in [0, 0.05) is 62.6 Å². The summed E-state index contributed by atoms with van der Waals surface area (Å²) in [7, 11) is 0. The van der Waals surface area contributed by atoms with Crippen molar-refractivity contribution in [3.05, 3.63) is 54.1 Å². The summed E-state index contributed by atoms with van der Waals surface area (Å²) >= 11 is 0. The Balaban J connectivity index is 0.000000210. The van der Waals surface area contributed by atoms with Gasteiger partial charge in [0.15, 0.2) is 0 Å². The second kappa shape index (κ2) is 19.3. The topological polar surface area (TPSA) is 102 Å². The molecule has 0 spiro atoms. The molecule has 268 valence electrons. The van der Waals surface area contributed by atoms with E-state index in [-0.39, 0.29) is 29.7 Å². The van der Waals surface area contributed by atoms with E-state index in [2.05, 4.69) is 58.5 Å². The summed E-state index contributed by atoms with van der Waals surface area (Å²) in [6, 6.07) is 16.1.